The van der Waals surface area contributed by atoms with E-state index in [-0.39, 0.29) is 98.4 Å². The molecule has 0 fully saturated rings. The molecule has 18 nitrogen and oxygen atoms in total. The van der Waals surface area contributed by atoms with E-state index < -0.39 is 48.3 Å². The number of ether oxygens (including phenoxy) is 5. The highest BCUT2D eigenvalue weighted by atomic mass is 32.1. The number of nitroso groups, excluding NO2 is 1. The third kappa shape index (κ3) is 24.7. The van der Waals surface area contributed by atoms with Crippen molar-refractivity contribution in [1.29, 1.82) is 0 Å². The SMILES string of the molecule is CCCOC(CC(C(C)C)N(CCC)CC(NC=O)C(C)CC)c1nc(C(=O)NC(Cc2ccc(N=O)cc2)CC(C)C(=O)OC(C)CNC(=O)CCCC(=O)OCC(OC(C)C)OC(CO)C(C)(C)C)cs1. The molecule has 414 valence electrons. The van der Waals surface area contributed by atoms with E-state index in [9.17, 15) is 34.0 Å². The summed E-state index contributed by atoms with van der Waals surface area (Å²) in [6.45, 7) is 27.4. The van der Waals surface area contributed by atoms with Crippen LogP contribution in [0.3, 0.4) is 0 Å². The zero-order valence-electron chi connectivity index (χ0n) is 46.1. The molecule has 2 rings (SSSR count). The van der Waals surface area contributed by atoms with E-state index in [1.807, 2.05) is 34.6 Å². The number of hydrogen-bond donors (Lipinski definition) is 4. The van der Waals surface area contributed by atoms with Gasteiger partial charge in [-0.25, -0.2) is 4.98 Å². The van der Waals surface area contributed by atoms with Crippen molar-refractivity contribution in [3.05, 3.63) is 50.8 Å². The van der Waals surface area contributed by atoms with E-state index in [0.717, 1.165) is 37.8 Å². The number of carbonyl (C=O) groups is 5. The third-order valence-electron chi connectivity index (χ3n) is 12.6. The highest BCUT2D eigenvalue weighted by Crippen LogP contribution is 2.32. The van der Waals surface area contributed by atoms with Gasteiger partial charge in [0.05, 0.1) is 31.3 Å². The maximum Gasteiger partial charge on any atom is 0.309 e. The van der Waals surface area contributed by atoms with Crippen LogP contribution in [0.5, 0.6) is 0 Å². The van der Waals surface area contributed by atoms with Crippen LogP contribution in [0.4, 0.5) is 5.69 Å². The molecule has 4 N–H and O–H groups in total. The van der Waals surface area contributed by atoms with Crippen LogP contribution in [-0.2, 0) is 49.3 Å². The van der Waals surface area contributed by atoms with Crippen LogP contribution in [0.15, 0.2) is 34.8 Å². The summed E-state index contributed by atoms with van der Waals surface area (Å²) >= 11 is 1.37. The fourth-order valence-corrected chi connectivity index (χ4v) is 9.06. The minimum Gasteiger partial charge on any atom is -0.461 e. The van der Waals surface area contributed by atoms with Crippen LogP contribution in [0.25, 0.3) is 0 Å². The van der Waals surface area contributed by atoms with E-state index >= 15 is 0 Å². The zero-order chi connectivity index (χ0) is 54.7. The fourth-order valence-electron chi connectivity index (χ4n) is 8.20. The van der Waals surface area contributed by atoms with Gasteiger partial charge in [0.1, 0.15) is 35.2 Å². The van der Waals surface area contributed by atoms with Crippen molar-refractivity contribution >= 4 is 47.2 Å². The normalized spacial score (nSPS) is 15.6. The quantitative estimate of drug-likeness (QED) is 0.0214. The average Bonchev–Trinajstić information content (AvgIpc) is 3.84. The van der Waals surface area contributed by atoms with Gasteiger partial charge < -0.3 is 44.7 Å². The summed E-state index contributed by atoms with van der Waals surface area (Å²) in [4.78, 5) is 82.8. The first-order valence-corrected chi connectivity index (χ1v) is 27.2. The minimum atomic E-state index is -0.869. The van der Waals surface area contributed by atoms with Gasteiger partial charge >= 0.3 is 11.9 Å². The van der Waals surface area contributed by atoms with Gasteiger partial charge in [-0.1, -0.05) is 87.8 Å². The van der Waals surface area contributed by atoms with Crippen molar-refractivity contribution < 1.29 is 52.8 Å². The summed E-state index contributed by atoms with van der Waals surface area (Å²) in [7, 11) is 0. The zero-order valence-corrected chi connectivity index (χ0v) is 46.9. The Kier molecular flexibility index (Phi) is 30.3. The Bertz CT molecular complexity index is 1930. The third-order valence-corrected chi connectivity index (χ3v) is 13.6. The Labute approximate surface area is 439 Å². The summed E-state index contributed by atoms with van der Waals surface area (Å²) in [6.07, 6.45) is 2.25. The van der Waals surface area contributed by atoms with E-state index in [2.05, 4.69) is 67.6 Å². The second kappa shape index (κ2) is 34.2. The molecule has 2 aromatic rings. The predicted molar refractivity (Wildman–Crippen MR) is 284 cm³/mol. The number of benzene rings is 1. The van der Waals surface area contributed by atoms with Gasteiger partial charge in [0.2, 0.25) is 12.3 Å². The largest absolute Gasteiger partial charge is 0.461 e. The molecular weight excluding hydrogens is 957 g/mol. The molecular formula is C54H90N6O12S. The van der Waals surface area contributed by atoms with Gasteiger partial charge in [-0.3, -0.25) is 28.9 Å². The molecule has 0 bridgehead atoms. The maximum atomic E-state index is 14.0. The van der Waals surface area contributed by atoms with Gasteiger partial charge in [-0.2, -0.15) is 0 Å². The Balaban J connectivity index is 2.11. The summed E-state index contributed by atoms with van der Waals surface area (Å²) < 4.78 is 29.3. The molecule has 73 heavy (non-hydrogen) atoms. The number of carbonyl (C=O) groups excluding carboxylic acids is 5. The number of amides is 3. The average molecular weight is 1050 g/mol. The number of hydrogen-bond acceptors (Lipinski definition) is 16. The van der Waals surface area contributed by atoms with E-state index in [1.165, 1.54) is 11.3 Å². The summed E-state index contributed by atoms with van der Waals surface area (Å²) in [5.74, 6) is -1.88. The number of aliphatic hydroxyl groups excluding tert-OH is 1. The standard InChI is InChI=1S/C54H90N6O12S/c1-14-24-60(30-43(56-34-62)37(8)16-3)45(35(4)5)28-46(68-25-15-2)52-58-44(33-73-52)51(65)57-42(27-40-20-22-41(59-67)23-21-40)26-38(9)53(66)71-39(10)29-55-48(63)18-17-19-49(64)69-32-50(70-36(6)7)72-47(31-61)54(11,12)13/h20-23,33-39,42-43,45-47,50,61H,14-19,24-32H2,1-13H3,(H,55,63)(H,56,62)(H,57,65). The lowest BCUT2D eigenvalue weighted by molar-refractivity contribution is -0.232. The Morgan fingerprint density at radius 2 is 1.64 bits per heavy atom. The first kappa shape index (κ1) is 64.7. The molecule has 3 amide bonds. The first-order valence-electron chi connectivity index (χ1n) is 26.4. The molecule has 0 saturated heterocycles. The van der Waals surface area contributed by atoms with Gasteiger partial charge in [0, 0.05) is 49.5 Å². The van der Waals surface area contributed by atoms with Crippen molar-refractivity contribution in [2.24, 2.45) is 28.3 Å². The fraction of sp³-hybridized carbons (Fsp3) is 0.741. The summed E-state index contributed by atoms with van der Waals surface area (Å²) in [6, 6.07) is 6.26. The molecule has 1 aromatic carbocycles. The van der Waals surface area contributed by atoms with Gasteiger partial charge in [-0.15, -0.1) is 16.2 Å². The highest BCUT2D eigenvalue weighted by Gasteiger charge is 2.33. The second-order valence-corrected chi connectivity index (χ2v) is 21.8. The minimum absolute atomic E-state index is 0.00400. The first-order chi connectivity index (χ1) is 34.6. The van der Waals surface area contributed by atoms with Crippen LogP contribution >= 0.6 is 11.3 Å². The molecule has 1 aromatic heterocycles. The molecule has 0 aliphatic heterocycles. The van der Waals surface area contributed by atoms with E-state index in [1.54, 1.807) is 43.5 Å². The van der Waals surface area contributed by atoms with Crippen molar-refractivity contribution in [3.8, 4) is 0 Å². The highest BCUT2D eigenvalue weighted by molar-refractivity contribution is 7.09. The Hall–Kier alpha value is -4.40. The molecule has 0 radical (unpaired) electrons. The topological polar surface area (TPSA) is 233 Å². The molecule has 1 heterocycles. The smallest absolute Gasteiger partial charge is 0.309 e. The molecule has 19 heteroatoms. The lowest BCUT2D eigenvalue weighted by atomic mass is 9.89. The summed E-state index contributed by atoms with van der Waals surface area (Å²) in [5.41, 5.74) is 0.941. The number of rotatable bonds is 38. The molecule has 0 saturated carbocycles. The van der Waals surface area contributed by atoms with Crippen molar-refractivity contribution in [2.75, 3.05) is 39.5 Å². The van der Waals surface area contributed by atoms with E-state index in [0.29, 0.717) is 36.9 Å². The lowest BCUT2D eigenvalue weighted by Gasteiger charge is -2.39. The van der Waals surface area contributed by atoms with Crippen molar-refractivity contribution in [3.63, 3.8) is 0 Å². The van der Waals surface area contributed by atoms with Crippen LogP contribution in [0.2, 0.25) is 0 Å². The van der Waals surface area contributed by atoms with Gasteiger partial charge in [-0.05, 0) is 106 Å². The molecule has 0 spiro atoms. The molecule has 0 aliphatic carbocycles. The monoisotopic (exact) mass is 1050 g/mol. The molecule has 9 unspecified atom stereocenters. The van der Waals surface area contributed by atoms with Crippen LogP contribution < -0.4 is 16.0 Å². The van der Waals surface area contributed by atoms with Crippen molar-refractivity contribution in [1.82, 2.24) is 25.8 Å². The van der Waals surface area contributed by atoms with Crippen molar-refractivity contribution in [2.45, 2.75) is 197 Å². The number of aliphatic hydroxyl groups is 1. The second-order valence-electron chi connectivity index (χ2n) is 20.9. The number of aromatic nitrogens is 1. The van der Waals surface area contributed by atoms with Crippen LogP contribution in [0.1, 0.15) is 169 Å². The number of esters is 2. The van der Waals surface area contributed by atoms with E-state index in [4.69, 9.17) is 28.7 Å². The predicted octanol–water partition coefficient (Wildman–Crippen LogP) is 8.60. The number of nitrogens with one attached hydrogen (secondary N) is 3. The molecule has 0 aliphatic rings. The number of nitrogens with zero attached hydrogens (tertiary/aromatic N) is 3. The van der Waals surface area contributed by atoms with Gasteiger partial charge in [0.15, 0.2) is 6.29 Å². The number of thiazole rings is 1. The Morgan fingerprint density at radius 3 is 2.22 bits per heavy atom. The van der Waals surface area contributed by atoms with Crippen LogP contribution in [-0.4, -0.2) is 127 Å². The Morgan fingerprint density at radius 1 is 0.945 bits per heavy atom. The lowest BCUT2D eigenvalue weighted by Crippen LogP contribution is -2.50. The summed E-state index contributed by atoms with van der Waals surface area (Å²) in [5, 5.41) is 24.1. The van der Waals surface area contributed by atoms with Crippen LogP contribution in [0, 0.1) is 28.1 Å². The molecule has 9 atom stereocenters. The van der Waals surface area contributed by atoms with Gasteiger partial charge in [0.25, 0.3) is 5.91 Å². The maximum absolute atomic E-state index is 14.0.